The third kappa shape index (κ3) is 7.10. The van der Waals surface area contributed by atoms with Gasteiger partial charge in [-0.3, -0.25) is 14.5 Å². The summed E-state index contributed by atoms with van der Waals surface area (Å²) in [5, 5.41) is 13.9. The number of amides is 1. The summed E-state index contributed by atoms with van der Waals surface area (Å²) in [5.41, 5.74) is 2.13. The van der Waals surface area contributed by atoms with E-state index in [-0.39, 0.29) is 12.5 Å². The van der Waals surface area contributed by atoms with E-state index in [4.69, 9.17) is 4.74 Å². The number of nitrogens with one attached hydrogen (secondary N) is 3. The van der Waals surface area contributed by atoms with E-state index in [9.17, 15) is 4.79 Å². The van der Waals surface area contributed by atoms with Gasteiger partial charge in [-0.25, -0.2) is 0 Å². The summed E-state index contributed by atoms with van der Waals surface area (Å²) >= 11 is 0. The van der Waals surface area contributed by atoms with Gasteiger partial charge in [-0.05, 0) is 48.4 Å². The van der Waals surface area contributed by atoms with Crippen LogP contribution < -0.4 is 16.0 Å². The number of anilines is 1. The number of carbonyl (C=O) groups is 1. The first-order chi connectivity index (χ1) is 15.1. The van der Waals surface area contributed by atoms with Crippen LogP contribution in [0.25, 0.3) is 0 Å². The Morgan fingerprint density at radius 1 is 1.26 bits per heavy atom. The van der Waals surface area contributed by atoms with Crippen LogP contribution in [0.4, 0.5) is 5.69 Å². The molecule has 0 unspecified atom stereocenters. The van der Waals surface area contributed by atoms with Crippen LogP contribution in [0.15, 0.2) is 47.7 Å². The fraction of sp³-hybridized carbons (Fsp3) is 0.522. The largest absolute Gasteiger partial charge is 0.385 e. The molecule has 3 N–H and O–H groups in total. The molecule has 2 aromatic rings. The van der Waals surface area contributed by atoms with Crippen molar-refractivity contribution in [2.45, 2.75) is 45.2 Å². The van der Waals surface area contributed by atoms with Gasteiger partial charge in [0.05, 0.1) is 0 Å². The number of benzene rings is 1. The maximum absolute atomic E-state index is 12.2. The van der Waals surface area contributed by atoms with Gasteiger partial charge in [-0.1, -0.05) is 25.0 Å². The fourth-order valence-electron chi connectivity index (χ4n) is 4.14. The summed E-state index contributed by atoms with van der Waals surface area (Å²) in [6, 6.07) is 9.62. The highest BCUT2D eigenvalue weighted by molar-refractivity contribution is 5.90. The molecule has 0 radical (unpaired) electrons. The van der Waals surface area contributed by atoms with Gasteiger partial charge in [0.2, 0.25) is 5.91 Å². The lowest BCUT2D eigenvalue weighted by Gasteiger charge is -2.30. The molecule has 3 rings (SSSR count). The molecule has 8 heteroatoms. The molecule has 1 heterocycles. The lowest BCUT2D eigenvalue weighted by molar-refractivity contribution is -0.116. The normalized spacial score (nSPS) is 15.6. The molecule has 1 aromatic heterocycles. The molecule has 1 saturated carbocycles. The van der Waals surface area contributed by atoms with Crippen molar-refractivity contribution < 1.29 is 9.53 Å². The monoisotopic (exact) mass is 426 g/mol. The summed E-state index contributed by atoms with van der Waals surface area (Å²) in [6.07, 6.45) is 9.55. The lowest BCUT2D eigenvalue weighted by Crippen LogP contribution is -2.43. The number of hydrogen-bond acceptors (Lipinski definition) is 4. The predicted octanol–water partition coefficient (Wildman–Crippen LogP) is 2.78. The van der Waals surface area contributed by atoms with Gasteiger partial charge >= 0.3 is 0 Å². The number of guanidine groups is 1. The number of rotatable bonds is 10. The zero-order valence-electron chi connectivity index (χ0n) is 18.6. The molecular weight excluding hydrogens is 392 g/mol. The van der Waals surface area contributed by atoms with Crippen molar-refractivity contribution >= 4 is 17.6 Å². The van der Waals surface area contributed by atoms with Crippen molar-refractivity contribution in [3.63, 3.8) is 0 Å². The minimum atomic E-state index is -0.107. The minimum Gasteiger partial charge on any atom is -0.385 e. The maximum Gasteiger partial charge on any atom is 0.246 e. The highest BCUT2D eigenvalue weighted by Crippen LogP contribution is 2.40. The second kappa shape index (κ2) is 11.5. The molecule has 1 aliphatic carbocycles. The zero-order valence-corrected chi connectivity index (χ0v) is 18.6. The van der Waals surface area contributed by atoms with Crippen LogP contribution in [-0.4, -0.2) is 49.0 Å². The third-order valence-corrected chi connectivity index (χ3v) is 5.89. The Labute approximate surface area is 184 Å². The number of aromatic nitrogens is 2. The molecule has 1 amide bonds. The number of methoxy groups -OCH3 is 1. The number of ether oxygens (including phenoxy) is 1. The van der Waals surface area contributed by atoms with Gasteiger partial charge in [0.15, 0.2) is 5.96 Å². The zero-order chi connectivity index (χ0) is 21.9. The Bertz CT molecular complexity index is 844. The molecule has 31 heavy (non-hydrogen) atoms. The van der Waals surface area contributed by atoms with Crippen LogP contribution in [-0.2, 0) is 22.6 Å². The number of hydrogen-bond donors (Lipinski definition) is 3. The van der Waals surface area contributed by atoms with E-state index in [0.717, 1.165) is 36.8 Å². The molecule has 0 aliphatic heterocycles. The number of nitrogens with zero attached hydrogens (tertiary/aromatic N) is 3. The van der Waals surface area contributed by atoms with E-state index in [2.05, 4.69) is 26.0 Å². The van der Waals surface area contributed by atoms with Crippen LogP contribution in [0.3, 0.4) is 0 Å². The van der Waals surface area contributed by atoms with Gasteiger partial charge < -0.3 is 20.7 Å². The maximum atomic E-state index is 12.2. The number of aliphatic imine (C=N–C) groups is 1. The lowest BCUT2D eigenvalue weighted by atomic mass is 9.83. The Morgan fingerprint density at radius 2 is 2.10 bits per heavy atom. The van der Waals surface area contributed by atoms with Crippen LogP contribution >= 0.6 is 0 Å². The van der Waals surface area contributed by atoms with Crippen molar-refractivity contribution in [2.24, 2.45) is 10.4 Å². The highest BCUT2D eigenvalue weighted by atomic mass is 16.5. The van der Waals surface area contributed by atoms with Crippen LogP contribution in [0.2, 0.25) is 0 Å². The Kier molecular flexibility index (Phi) is 8.46. The summed E-state index contributed by atoms with van der Waals surface area (Å²) in [4.78, 5) is 16.6. The Morgan fingerprint density at radius 3 is 2.81 bits per heavy atom. The summed E-state index contributed by atoms with van der Waals surface area (Å²) < 4.78 is 6.92. The molecule has 1 fully saturated rings. The molecule has 0 saturated heterocycles. The Hall–Kier alpha value is -2.87. The van der Waals surface area contributed by atoms with Gasteiger partial charge in [-0.15, -0.1) is 0 Å². The third-order valence-electron chi connectivity index (χ3n) is 5.89. The van der Waals surface area contributed by atoms with E-state index in [0.29, 0.717) is 12.0 Å². The number of carbonyl (C=O) groups excluding carboxylic acids is 1. The van der Waals surface area contributed by atoms with E-state index in [1.165, 1.54) is 25.7 Å². The Balaban J connectivity index is 1.49. The van der Waals surface area contributed by atoms with Gasteiger partial charge in [0, 0.05) is 51.9 Å². The van der Waals surface area contributed by atoms with Crippen molar-refractivity contribution in [2.75, 3.05) is 32.6 Å². The quantitative estimate of drug-likeness (QED) is 0.401. The van der Waals surface area contributed by atoms with Crippen molar-refractivity contribution in [1.29, 1.82) is 0 Å². The molecule has 168 valence electrons. The SMILES string of the molecule is CN=C(NCc1cccc(NC(=O)Cn2cccn2)c1)NCC1(CCOC)CCCC1. The van der Waals surface area contributed by atoms with Crippen LogP contribution in [0.1, 0.15) is 37.7 Å². The van der Waals surface area contributed by atoms with Gasteiger partial charge in [0.1, 0.15) is 6.54 Å². The molecule has 0 spiro atoms. The minimum absolute atomic E-state index is 0.107. The molecule has 1 aromatic carbocycles. The fourth-order valence-corrected chi connectivity index (χ4v) is 4.14. The van der Waals surface area contributed by atoms with Crippen LogP contribution in [0.5, 0.6) is 0 Å². The molecule has 1 aliphatic rings. The second-order valence-electron chi connectivity index (χ2n) is 8.18. The van der Waals surface area contributed by atoms with Crippen molar-refractivity contribution in [1.82, 2.24) is 20.4 Å². The predicted molar refractivity (Wildman–Crippen MR) is 123 cm³/mol. The van der Waals surface area contributed by atoms with E-state index >= 15 is 0 Å². The average molecular weight is 427 g/mol. The average Bonchev–Trinajstić information content (AvgIpc) is 3.45. The topological polar surface area (TPSA) is 92.6 Å². The standard InChI is InChI=1S/C23H34N6O2/c1-24-22(26-18-23(11-14-31-2)9-3-4-10-23)25-16-19-7-5-8-20(15-19)28-21(30)17-29-13-6-12-27-29/h5-8,12-13,15H,3-4,9-11,14,16-18H2,1-2H3,(H,28,30)(H2,24,25,26). The first-order valence-electron chi connectivity index (χ1n) is 10.9. The molecule has 8 nitrogen and oxygen atoms in total. The van der Waals surface area contributed by atoms with E-state index < -0.39 is 0 Å². The van der Waals surface area contributed by atoms with E-state index in [1.807, 2.05) is 24.3 Å². The van der Waals surface area contributed by atoms with E-state index in [1.54, 1.807) is 37.3 Å². The first-order valence-corrected chi connectivity index (χ1v) is 10.9. The van der Waals surface area contributed by atoms with Crippen LogP contribution in [0, 0.1) is 5.41 Å². The van der Waals surface area contributed by atoms with Gasteiger partial charge in [-0.2, -0.15) is 5.10 Å². The molecule has 0 bridgehead atoms. The molecule has 0 atom stereocenters. The summed E-state index contributed by atoms with van der Waals surface area (Å²) in [7, 11) is 3.56. The van der Waals surface area contributed by atoms with Crippen molar-refractivity contribution in [3.8, 4) is 0 Å². The van der Waals surface area contributed by atoms with Gasteiger partial charge in [0.25, 0.3) is 0 Å². The van der Waals surface area contributed by atoms with Crippen molar-refractivity contribution in [3.05, 3.63) is 48.3 Å². The molecular formula is C23H34N6O2. The summed E-state index contributed by atoms with van der Waals surface area (Å²) in [6.45, 7) is 2.51. The smallest absolute Gasteiger partial charge is 0.246 e. The summed E-state index contributed by atoms with van der Waals surface area (Å²) in [5.74, 6) is 0.681. The first kappa shape index (κ1) is 22.8. The second-order valence-corrected chi connectivity index (χ2v) is 8.18. The highest BCUT2D eigenvalue weighted by Gasteiger charge is 2.33.